The number of nitriles is 1. The van der Waals surface area contributed by atoms with Gasteiger partial charge in [-0.15, -0.1) is 0 Å². The number of nitrogens with one attached hydrogen (secondary N) is 2. The molecule has 7 nitrogen and oxygen atoms in total. The van der Waals surface area contributed by atoms with E-state index in [1.807, 2.05) is 26.8 Å². The first kappa shape index (κ1) is 15.6. The molecule has 0 fully saturated rings. The summed E-state index contributed by atoms with van der Waals surface area (Å²) in [6.07, 6.45) is 0. The lowest BCUT2D eigenvalue weighted by atomic mass is 10.1. The van der Waals surface area contributed by atoms with Gasteiger partial charge in [0.1, 0.15) is 5.69 Å². The van der Waals surface area contributed by atoms with E-state index in [2.05, 4.69) is 10.6 Å². The van der Waals surface area contributed by atoms with Crippen LogP contribution in [0.1, 0.15) is 26.3 Å². The fourth-order valence-corrected chi connectivity index (χ4v) is 1.40. The number of rotatable bonds is 4. The molecule has 1 amide bonds. The first-order valence-electron chi connectivity index (χ1n) is 5.96. The van der Waals surface area contributed by atoms with Crippen molar-refractivity contribution < 1.29 is 9.72 Å². The predicted octanol–water partition coefficient (Wildman–Crippen LogP) is 1.79. The summed E-state index contributed by atoms with van der Waals surface area (Å²) >= 11 is 0. The van der Waals surface area contributed by atoms with E-state index in [9.17, 15) is 14.9 Å². The average molecular weight is 276 g/mol. The van der Waals surface area contributed by atoms with Crippen LogP contribution in [-0.2, 0) is 4.79 Å². The number of hydrogen-bond acceptors (Lipinski definition) is 5. The number of hydrogen-bond donors (Lipinski definition) is 2. The van der Waals surface area contributed by atoms with E-state index in [0.29, 0.717) is 0 Å². The van der Waals surface area contributed by atoms with Crippen LogP contribution in [0.2, 0.25) is 0 Å². The number of carbonyl (C=O) groups is 1. The van der Waals surface area contributed by atoms with Crippen LogP contribution in [0, 0.1) is 21.4 Å². The topological polar surface area (TPSA) is 108 Å². The summed E-state index contributed by atoms with van der Waals surface area (Å²) in [5, 5.41) is 25.1. The van der Waals surface area contributed by atoms with Gasteiger partial charge in [0.15, 0.2) is 0 Å². The Balaban J connectivity index is 2.85. The maximum atomic E-state index is 11.7. The SMILES string of the molecule is CC(C)(C)NCC(=O)Nc1ccc(C#N)cc1[N+](=O)[O-]. The zero-order valence-electron chi connectivity index (χ0n) is 11.6. The Morgan fingerprint density at radius 3 is 2.60 bits per heavy atom. The number of nitro benzene ring substituents is 1. The number of amides is 1. The lowest BCUT2D eigenvalue weighted by Crippen LogP contribution is -2.41. The van der Waals surface area contributed by atoms with Gasteiger partial charge in [-0.2, -0.15) is 5.26 Å². The fraction of sp³-hybridized carbons (Fsp3) is 0.385. The molecule has 0 bridgehead atoms. The zero-order chi connectivity index (χ0) is 15.3. The number of nitrogens with zero attached hydrogens (tertiary/aromatic N) is 2. The molecular formula is C13H16N4O3. The van der Waals surface area contributed by atoms with Crippen molar-refractivity contribution in [3.05, 3.63) is 33.9 Å². The van der Waals surface area contributed by atoms with E-state index in [-0.39, 0.29) is 34.9 Å². The van der Waals surface area contributed by atoms with Gasteiger partial charge in [0, 0.05) is 11.6 Å². The predicted molar refractivity (Wildman–Crippen MR) is 74.2 cm³/mol. The smallest absolute Gasteiger partial charge is 0.294 e. The van der Waals surface area contributed by atoms with Gasteiger partial charge in [-0.25, -0.2) is 0 Å². The van der Waals surface area contributed by atoms with E-state index in [0.717, 1.165) is 6.07 Å². The minimum absolute atomic E-state index is 0.0423. The second-order valence-corrected chi connectivity index (χ2v) is 5.25. The van der Waals surface area contributed by atoms with Gasteiger partial charge in [0.2, 0.25) is 5.91 Å². The number of benzene rings is 1. The Hall–Kier alpha value is -2.46. The van der Waals surface area contributed by atoms with Crippen molar-refractivity contribution >= 4 is 17.3 Å². The van der Waals surface area contributed by atoms with Crippen LogP contribution in [-0.4, -0.2) is 22.9 Å². The molecule has 1 aromatic rings. The Labute approximate surface area is 116 Å². The first-order chi connectivity index (χ1) is 9.23. The molecule has 7 heteroatoms. The largest absolute Gasteiger partial charge is 0.319 e. The molecule has 106 valence electrons. The first-order valence-corrected chi connectivity index (χ1v) is 5.96. The van der Waals surface area contributed by atoms with Gasteiger partial charge < -0.3 is 10.6 Å². The third-order valence-corrected chi connectivity index (χ3v) is 2.38. The van der Waals surface area contributed by atoms with E-state index in [1.165, 1.54) is 12.1 Å². The molecule has 1 rings (SSSR count). The number of nitro groups is 1. The molecule has 0 saturated carbocycles. The highest BCUT2D eigenvalue weighted by molar-refractivity contribution is 5.94. The van der Waals surface area contributed by atoms with E-state index in [4.69, 9.17) is 5.26 Å². The van der Waals surface area contributed by atoms with E-state index < -0.39 is 4.92 Å². The highest BCUT2D eigenvalue weighted by Gasteiger charge is 2.18. The van der Waals surface area contributed by atoms with Crippen LogP contribution in [0.4, 0.5) is 11.4 Å². The van der Waals surface area contributed by atoms with Gasteiger partial charge in [-0.05, 0) is 32.9 Å². The minimum Gasteiger partial charge on any atom is -0.319 e. The summed E-state index contributed by atoms with van der Waals surface area (Å²) in [5.74, 6) is -0.382. The molecule has 0 saturated heterocycles. The second kappa shape index (κ2) is 6.12. The molecule has 1 aromatic carbocycles. The summed E-state index contributed by atoms with van der Waals surface area (Å²) in [6, 6.07) is 5.72. The summed E-state index contributed by atoms with van der Waals surface area (Å²) in [5.41, 5.74) is -0.279. The maximum absolute atomic E-state index is 11.7. The standard InChI is InChI=1S/C13H16N4O3/c1-13(2,3)15-8-12(18)16-10-5-4-9(7-14)6-11(10)17(19)20/h4-6,15H,8H2,1-3H3,(H,16,18). The van der Waals surface area contributed by atoms with Crippen LogP contribution in [0.3, 0.4) is 0 Å². The summed E-state index contributed by atoms with van der Waals surface area (Å²) < 4.78 is 0. The third kappa shape index (κ3) is 4.66. The van der Waals surface area contributed by atoms with Crippen molar-refractivity contribution in [1.29, 1.82) is 5.26 Å². The zero-order valence-corrected chi connectivity index (χ0v) is 11.6. The molecule has 20 heavy (non-hydrogen) atoms. The maximum Gasteiger partial charge on any atom is 0.294 e. The van der Waals surface area contributed by atoms with E-state index >= 15 is 0 Å². The Morgan fingerprint density at radius 2 is 2.10 bits per heavy atom. The molecule has 0 atom stereocenters. The van der Waals surface area contributed by atoms with Crippen LogP contribution in [0.5, 0.6) is 0 Å². The highest BCUT2D eigenvalue weighted by Crippen LogP contribution is 2.25. The molecule has 0 aliphatic heterocycles. The average Bonchev–Trinajstić information content (AvgIpc) is 2.35. The summed E-state index contributed by atoms with van der Waals surface area (Å²) in [4.78, 5) is 22.0. The van der Waals surface area contributed by atoms with Crippen molar-refractivity contribution in [2.75, 3.05) is 11.9 Å². The Bertz CT molecular complexity index is 570. The fourth-order valence-electron chi connectivity index (χ4n) is 1.40. The highest BCUT2D eigenvalue weighted by atomic mass is 16.6. The minimum atomic E-state index is -0.631. The third-order valence-electron chi connectivity index (χ3n) is 2.38. The molecule has 0 unspecified atom stereocenters. The molecule has 0 heterocycles. The van der Waals surface area contributed by atoms with Crippen molar-refractivity contribution in [1.82, 2.24) is 5.32 Å². The lowest BCUT2D eigenvalue weighted by Gasteiger charge is -2.19. The molecule has 0 radical (unpaired) electrons. The normalized spacial score (nSPS) is 10.7. The van der Waals surface area contributed by atoms with Gasteiger partial charge in [0.05, 0.1) is 23.1 Å². The van der Waals surface area contributed by atoms with Crippen molar-refractivity contribution in [2.45, 2.75) is 26.3 Å². The lowest BCUT2D eigenvalue weighted by molar-refractivity contribution is -0.383. The van der Waals surface area contributed by atoms with Crippen molar-refractivity contribution in [3.8, 4) is 6.07 Å². The van der Waals surface area contributed by atoms with Crippen molar-refractivity contribution in [3.63, 3.8) is 0 Å². The molecule has 0 aromatic heterocycles. The molecule has 2 N–H and O–H groups in total. The van der Waals surface area contributed by atoms with Gasteiger partial charge in [-0.3, -0.25) is 14.9 Å². The van der Waals surface area contributed by atoms with E-state index in [1.54, 1.807) is 0 Å². The molecule has 0 aliphatic carbocycles. The molecule has 0 spiro atoms. The molecular weight excluding hydrogens is 260 g/mol. The van der Waals surface area contributed by atoms with Gasteiger partial charge in [-0.1, -0.05) is 0 Å². The second-order valence-electron chi connectivity index (χ2n) is 5.25. The monoisotopic (exact) mass is 276 g/mol. The number of carbonyl (C=O) groups excluding carboxylic acids is 1. The quantitative estimate of drug-likeness (QED) is 0.643. The summed E-state index contributed by atoms with van der Waals surface area (Å²) in [7, 11) is 0. The summed E-state index contributed by atoms with van der Waals surface area (Å²) in [6.45, 7) is 5.76. The Kier molecular flexibility index (Phi) is 4.78. The van der Waals surface area contributed by atoms with Crippen LogP contribution >= 0.6 is 0 Å². The van der Waals surface area contributed by atoms with Crippen LogP contribution in [0.15, 0.2) is 18.2 Å². The van der Waals surface area contributed by atoms with Crippen LogP contribution < -0.4 is 10.6 Å². The van der Waals surface area contributed by atoms with Crippen molar-refractivity contribution in [2.24, 2.45) is 0 Å². The van der Waals surface area contributed by atoms with Crippen LogP contribution in [0.25, 0.3) is 0 Å². The van der Waals surface area contributed by atoms with Gasteiger partial charge >= 0.3 is 0 Å². The Morgan fingerprint density at radius 1 is 1.45 bits per heavy atom. The number of anilines is 1. The van der Waals surface area contributed by atoms with Gasteiger partial charge in [0.25, 0.3) is 5.69 Å². The molecule has 0 aliphatic rings.